The highest BCUT2D eigenvalue weighted by Crippen LogP contribution is 2.15. The lowest BCUT2D eigenvalue weighted by molar-refractivity contribution is 0.107. The molecule has 2 unspecified atom stereocenters. The van der Waals surface area contributed by atoms with Gasteiger partial charge >= 0.3 is 0 Å². The Kier molecular flexibility index (Phi) is 4.78. The van der Waals surface area contributed by atoms with Crippen LogP contribution in [0.4, 0.5) is 0 Å². The summed E-state index contributed by atoms with van der Waals surface area (Å²) in [4.78, 5) is 4.29. The topological polar surface area (TPSA) is 53.1 Å². The van der Waals surface area contributed by atoms with Crippen LogP contribution in [0.5, 0.6) is 0 Å². The average molecular weight is 211 g/mol. The Morgan fingerprint density at radius 1 is 1.53 bits per heavy atom. The first kappa shape index (κ1) is 12.2. The molecular formula is C11H21N3O. The molecule has 1 aromatic heterocycles. The molecule has 0 aliphatic heterocycles. The summed E-state index contributed by atoms with van der Waals surface area (Å²) in [5, 5.41) is 0. The van der Waals surface area contributed by atoms with Gasteiger partial charge in [0.2, 0.25) is 0 Å². The fraction of sp³-hybridized carbons (Fsp3) is 0.727. The molecule has 0 spiro atoms. The molecule has 0 bridgehead atoms. The summed E-state index contributed by atoms with van der Waals surface area (Å²) in [6.07, 6.45) is 5.91. The van der Waals surface area contributed by atoms with Gasteiger partial charge in [-0.1, -0.05) is 0 Å². The lowest BCUT2D eigenvalue weighted by Gasteiger charge is -2.15. The van der Waals surface area contributed by atoms with Crippen LogP contribution in [-0.4, -0.2) is 22.8 Å². The van der Waals surface area contributed by atoms with E-state index in [9.17, 15) is 0 Å². The first-order chi connectivity index (χ1) is 7.19. The number of aromatic nitrogens is 2. The summed E-state index contributed by atoms with van der Waals surface area (Å²) < 4.78 is 7.28. The Bertz CT molecular complexity index is 285. The van der Waals surface area contributed by atoms with Crippen LogP contribution in [0.1, 0.15) is 38.6 Å². The summed E-state index contributed by atoms with van der Waals surface area (Å²) in [5.41, 5.74) is 6.08. The minimum Gasteiger partial charge on any atom is -0.382 e. The third kappa shape index (κ3) is 3.32. The number of hydrogen-bond donors (Lipinski definition) is 1. The van der Waals surface area contributed by atoms with Gasteiger partial charge in [-0.3, -0.25) is 0 Å². The van der Waals surface area contributed by atoms with Gasteiger partial charge in [0.1, 0.15) is 5.82 Å². The fourth-order valence-corrected chi connectivity index (χ4v) is 1.58. The van der Waals surface area contributed by atoms with E-state index in [1.807, 2.05) is 6.20 Å². The maximum Gasteiger partial charge on any atom is 0.125 e. The summed E-state index contributed by atoms with van der Waals surface area (Å²) in [5.74, 6) is 0.973. The van der Waals surface area contributed by atoms with Crippen LogP contribution in [0, 0.1) is 0 Å². The van der Waals surface area contributed by atoms with Crippen LogP contribution in [0.3, 0.4) is 0 Å². The van der Waals surface area contributed by atoms with Gasteiger partial charge in [0.15, 0.2) is 0 Å². The molecule has 0 saturated carbocycles. The molecule has 0 radical (unpaired) electrons. The molecule has 1 aromatic rings. The number of hydrogen-bond acceptors (Lipinski definition) is 3. The molecule has 86 valence electrons. The first-order valence-electron chi connectivity index (χ1n) is 5.48. The molecular weight excluding hydrogens is 190 g/mol. The third-order valence-electron chi connectivity index (χ3n) is 2.71. The number of methoxy groups -OCH3 is 1. The van der Waals surface area contributed by atoms with E-state index >= 15 is 0 Å². The van der Waals surface area contributed by atoms with Gasteiger partial charge in [-0.2, -0.15) is 0 Å². The first-order valence-corrected chi connectivity index (χ1v) is 5.48. The lowest BCUT2D eigenvalue weighted by atomic mass is 10.1. The molecule has 0 fully saturated rings. The monoisotopic (exact) mass is 211 g/mol. The third-order valence-corrected chi connectivity index (χ3v) is 2.71. The standard InChI is InChI=1S/C11H21N3O/c1-4-14-8-7-13-11(14)10(12)6-5-9(2)15-3/h7-10H,4-6,12H2,1-3H3. The van der Waals surface area contributed by atoms with Crippen LogP contribution in [-0.2, 0) is 11.3 Å². The highest BCUT2D eigenvalue weighted by molar-refractivity contribution is 4.98. The summed E-state index contributed by atoms with van der Waals surface area (Å²) >= 11 is 0. The van der Waals surface area contributed by atoms with Crippen molar-refractivity contribution in [2.24, 2.45) is 5.73 Å². The smallest absolute Gasteiger partial charge is 0.125 e. The Balaban J connectivity index is 2.49. The van der Waals surface area contributed by atoms with Crippen molar-refractivity contribution in [1.82, 2.24) is 9.55 Å². The predicted octanol–water partition coefficient (Wildman–Crippen LogP) is 1.72. The van der Waals surface area contributed by atoms with Crippen LogP contribution in [0.2, 0.25) is 0 Å². The lowest BCUT2D eigenvalue weighted by Crippen LogP contribution is -2.18. The molecule has 1 rings (SSSR count). The molecule has 0 aliphatic rings. The predicted molar refractivity (Wildman–Crippen MR) is 60.5 cm³/mol. The second kappa shape index (κ2) is 5.88. The Morgan fingerprint density at radius 3 is 2.87 bits per heavy atom. The zero-order valence-electron chi connectivity index (χ0n) is 9.81. The zero-order valence-corrected chi connectivity index (χ0v) is 9.81. The van der Waals surface area contributed by atoms with Gasteiger partial charge in [-0.15, -0.1) is 0 Å². The molecule has 1 heterocycles. The Hall–Kier alpha value is -0.870. The van der Waals surface area contributed by atoms with Gasteiger partial charge in [-0.25, -0.2) is 4.98 Å². The summed E-state index contributed by atoms with van der Waals surface area (Å²) in [6, 6.07) is 0.0116. The molecule has 0 aliphatic carbocycles. The minimum absolute atomic E-state index is 0.0116. The van der Waals surface area contributed by atoms with E-state index in [-0.39, 0.29) is 12.1 Å². The van der Waals surface area contributed by atoms with E-state index in [0.717, 1.165) is 25.2 Å². The van der Waals surface area contributed by atoms with Crippen LogP contribution >= 0.6 is 0 Å². The van der Waals surface area contributed by atoms with Crippen LogP contribution in [0.15, 0.2) is 12.4 Å². The normalized spacial score (nSPS) is 15.2. The number of ether oxygens (including phenoxy) is 1. The summed E-state index contributed by atoms with van der Waals surface area (Å²) in [6.45, 7) is 5.07. The van der Waals surface area contributed by atoms with Crippen molar-refractivity contribution in [2.75, 3.05) is 7.11 Å². The number of aryl methyl sites for hydroxylation is 1. The largest absolute Gasteiger partial charge is 0.382 e. The minimum atomic E-state index is 0.0116. The van der Waals surface area contributed by atoms with Crippen molar-refractivity contribution in [1.29, 1.82) is 0 Å². The molecule has 15 heavy (non-hydrogen) atoms. The highest BCUT2D eigenvalue weighted by atomic mass is 16.5. The maximum atomic E-state index is 6.08. The van der Waals surface area contributed by atoms with Crippen LogP contribution in [0.25, 0.3) is 0 Å². The van der Waals surface area contributed by atoms with Gasteiger partial charge in [0, 0.05) is 26.0 Å². The van der Waals surface area contributed by atoms with E-state index in [2.05, 4.69) is 23.4 Å². The number of nitrogens with zero attached hydrogens (tertiary/aromatic N) is 2. The van der Waals surface area contributed by atoms with Crippen molar-refractivity contribution in [2.45, 2.75) is 45.4 Å². The van der Waals surface area contributed by atoms with E-state index < -0.39 is 0 Å². The van der Waals surface area contributed by atoms with Crippen molar-refractivity contribution in [3.8, 4) is 0 Å². The number of rotatable bonds is 6. The van der Waals surface area contributed by atoms with Crippen molar-refractivity contribution in [3.63, 3.8) is 0 Å². The van der Waals surface area contributed by atoms with Gasteiger partial charge in [0.05, 0.1) is 12.1 Å². The summed E-state index contributed by atoms with van der Waals surface area (Å²) in [7, 11) is 1.73. The van der Waals surface area contributed by atoms with Crippen molar-refractivity contribution >= 4 is 0 Å². The average Bonchev–Trinajstić information content (AvgIpc) is 2.73. The van der Waals surface area contributed by atoms with E-state index in [0.29, 0.717) is 0 Å². The number of nitrogens with two attached hydrogens (primary N) is 1. The molecule has 2 N–H and O–H groups in total. The van der Waals surface area contributed by atoms with Crippen LogP contribution < -0.4 is 5.73 Å². The fourth-order valence-electron chi connectivity index (χ4n) is 1.58. The van der Waals surface area contributed by atoms with E-state index in [1.54, 1.807) is 13.3 Å². The van der Waals surface area contributed by atoms with E-state index in [4.69, 9.17) is 10.5 Å². The zero-order chi connectivity index (χ0) is 11.3. The van der Waals surface area contributed by atoms with Gasteiger partial charge < -0.3 is 15.0 Å². The molecule has 4 nitrogen and oxygen atoms in total. The quantitative estimate of drug-likeness (QED) is 0.779. The van der Waals surface area contributed by atoms with Crippen molar-refractivity contribution < 1.29 is 4.74 Å². The number of imidazole rings is 1. The van der Waals surface area contributed by atoms with Gasteiger partial charge in [-0.05, 0) is 26.7 Å². The second-order valence-corrected chi connectivity index (χ2v) is 3.80. The van der Waals surface area contributed by atoms with E-state index in [1.165, 1.54) is 0 Å². The van der Waals surface area contributed by atoms with Crippen molar-refractivity contribution in [3.05, 3.63) is 18.2 Å². The molecule has 2 atom stereocenters. The second-order valence-electron chi connectivity index (χ2n) is 3.80. The molecule has 0 saturated heterocycles. The van der Waals surface area contributed by atoms with Gasteiger partial charge in [0.25, 0.3) is 0 Å². The SMILES string of the molecule is CCn1ccnc1C(N)CCC(C)OC. The maximum absolute atomic E-state index is 6.08. The Labute approximate surface area is 91.4 Å². The molecule has 4 heteroatoms. The highest BCUT2D eigenvalue weighted by Gasteiger charge is 2.12. The Morgan fingerprint density at radius 2 is 2.27 bits per heavy atom. The molecule has 0 aromatic carbocycles. The molecule has 0 amide bonds.